The van der Waals surface area contributed by atoms with Crippen LogP contribution in [0.4, 0.5) is 0 Å². The molecule has 6 atom stereocenters. The Kier molecular flexibility index (Phi) is 8.96. The van der Waals surface area contributed by atoms with Gasteiger partial charge in [-0.15, -0.1) is 6.58 Å². The number of nitrogens with two attached hydrogens (primary N) is 1. The Labute approximate surface area is 291 Å². The van der Waals surface area contributed by atoms with Gasteiger partial charge in [-0.05, 0) is 80.1 Å². The summed E-state index contributed by atoms with van der Waals surface area (Å²) in [6.07, 6.45) is 11.5. The Morgan fingerprint density at radius 3 is 2.06 bits per heavy atom. The molecule has 2 heterocycles. The van der Waals surface area contributed by atoms with Gasteiger partial charge in [0.25, 0.3) is 5.91 Å². The van der Waals surface area contributed by atoms with Crippen molar-refractivity contribution in [1.82, 2.24) is 24.6 Å². The lowest BCUT2D eigenvalue weighted by molar-refractivity contribution is -0.142. The highest BCUT2D eigenvalue weighted by atomic mass is 32.2. The van der Waals surface area contributed by atoms with E-state index in [4.69, 9.17) is 5.73 Å². The number of fused-ring (bicyclic) bond motifs is 1. The van der Waals surface area contributed by atoms with Gasteiger partial charge in [-0.1, -0.05) is 59.1 Å². The van der Waals surface area contributed by atoms with E-state index in [1.807, 2.05) is 6.92 Å². The molecular weight excluding hydrogens is 644 g/mol. The van der Waals surface area contributed by atoms with Crippen molar-refractivity contribution in [3.05, 3.63) is 24.8 Å². The van der Waals surface area contributed by atoms with Crippen LogP contribution in [-0.4, -0.2) is 84.6 Å². The maximum atomic E-state index is 14.6. The molecule has 13 heteroatoms. The predicted molar refractivity (Wildman–Crippen MR) is 186 cm³/mol. The highest BCUT2D eigenvalue weighted by Gasteiger charge is 2.85. The fourth-order valence-electron chi connectivity index (χ4n) is 10.4. The van der Waals surface area contributed by atoms with Crippen LogP contribution >= 0.6 is 0 Å². The van der Waals surface area contributed by atoms with Crippen LogP contribution in [0, 0.1) is 27.6 Å². The van der Waals surface area contributed by atoms with Gasteiger partial charge in [0.2, 0.25) is 17.7 Å². The Hall–Kier alpha value is -2.77. The lowest BCUT2D eigenvalue weighted by Crippen LogP contribution is -2.60. The van der Waals surface area contributed by atoms with E-state index >= 15 is 0 Å². The molecule has 0 unspecified atom stereocenters. The van der Waals surface area contributed by atoms with E-state index in [9.17, 15) is 27.6 Å². The third-order valence-electron chi connectivity index (χ3n) is 14.1. The lowest BCUT2D eigenvalue weighted by atomic mass is 9.70. The van der Waals surface area contributed by atoms with Crippen LogP contribution in [-0.2, 0) is 29.4 Å². The van der Waals surface area contributed by atoms with Gasteiger partial charge in [0.05, 0.1) is 6.04 Å². The molecule has 2 saturated heterocycles. The zero-order chi connectivity index (χ0) is 35.8. The van der Waals surface area contributed by atoms with Crippen LogP contribution in [0.1, 0.15) is 105 Å². The van der Waals surface area contributed by atoms with Crippen LogP contribution in [0.5, 0.6) is 0 Å². The van der Waals surface area contributed by atoms with E-state index in [0.717, 1.165) is 51.4 Å². The minimum Gasteiger partial charge on any atom is -0.339 e. The number of likely N-dealkylation sites (tertiary alicyclic amines) is 1. The van der Waals surface area contributed by atoms with Crippen LogP contribution in [0.15, 0.2) is 24.8 Å². The molecule has 0 aromatic carbocycles. The molecule has 5 N–H and O–H groups in total. The zero-order valence-corrected chi connectivity index (χ0v) is 30.6. The molecule has 6 rings (SSSR count). The fourth-order valence-corrected chi connectivity index (χ4v) is 11.7. The summed E-state index contributed by atoms with van der Waals surface area (Å²) in [5, 5.41) is 5.82. The summed E-state index contributed by atoms with van der Waals surface area (Å²) >= 11 is 0. The minimum absolute atomic E-state index is 0.00948. The highest BCUT2D eigenvalue weighted by Crippen LogP contribution is 2.88. The zero-order valence-electron chi connectivity index (χ0n) is 29.7. The van der Waals surface area contributed by atoms with E-state index < -0.39 is 63.4 Å². The van der Waals surface area contributed by atoms with Crippen molar-refractivity contribution in [2.45, 2.75) is 128 Å². The number of hydrogen-bond donors (Lipinski definition) is 4. The third-order valence-corrected chi connectivity index (χ3v) is 15.6. The van der Waals surface area contributed by atoms with Crippen molar-refractivity contribution in [3.63, 3.8) is 0 Å². The SMILES string of the molecule is C=C[C@@H]1C[C@]1(NC(=O)[C@@H]1C[C@@]2(CN1C(=O)[C@@H](NC(=O)[C@@H](N)C1(C)CCCCC1)C(=C)C)C(C)(C)C21CCC1)C(=O)NS(=O)(=O)N1CCCC1. The van der Waals surface area contributed by atoms with Gasteiger partial charge >= 0.3 is 10.2 Å². The van der Waals surface area contributed by atoms with Crippen molar-refractivity contribution in [2.75, 3.05) is 19.6 Å². The molecule has 0 aromatic rings. The molecule has 6 fully saturated rings. The maximum Gasteiger partial charge on any atom is 0.303 e. The standard InChI is InChI=1S/C36H56N6O6S/c1-7-24-20-36(24,31(46)40-49(47,48)41-18-11-12-19-41)39-28(43)25-21-35(32(4,5)34(35)16-13-17-34)22-42(25)30(45)26(23(2)3)38-29(44)27(37)33(6)14-9-8-10-15-33/h7,24-27H,1-2,8-22,37H2,3-6H3,(H,38,44)(H,39,43)(H,40,46)/t24-,25+,26+,27-,35-,36-/m1/s1. The van der Waals surface area contributed by atoms with Gasteiger partial charge in [-0.25, -0.2) is 4.72 Å². The number of carbonyl (C=O) groups is 4. The molecule has 0 radical (unpaired) electrons. The molecule has 6 aliphatic rings. The van der Waals surface area contributed by atoms with E-state index in [-0.39, 0.29) is 28.1 Å². The monoisotopic (exact) mass is 700 g/mol. The molecule has 2 aliphatic heterocycles. The van der Waals surface area contributed by atoms with Crippen LogP contribution in [0.25, 0.3) is 0 Å². The Bertz CT molecular complexity index is 1540. The molecule has 2 spiro atoms. The van der Waals surface area contributed by atoms with E-state index in [1.165, 1.54) is 4.31 Å². The molecule has 4 amide bonds. The predicted octanol–water partition coefficient (Wildman–Crippen LogP) is 2.66. The van der Waals surface area contributed by atoms with Gasteiger partial charge in [-0.2, -0.15) is 12.7 Å². The highest BCUT2D eigenvalue weighted by molar-refractivity contribution is 7.87. The molecule has 0 bridgehead atoms. The van der Waals surface area contributed by atoms with Gasteiger partial charge in [-0.3, -0.25) is 19.2 Å². The first kappa shape index (κ1) is 36.0. The summed E-state index contributed by atoms with van der Waals surface area (Å²) in [6, 6.07) is -2.81. The molecule has 4 aliphatic carbocycles. The van der Waals surface area contributed by atoms with Crippen molar-refractivity contribution >= 4 is 33.8 Å². The molecule has 4 saturated carbocycles. The first-order chi connectivity index (χ1) is 22.9. The quantitative estimate of drug-likeness (QED) is 0.240. The minimum atomic E-state index is -4.08. The number of nitrogens with one attached hydrogen (secondary N) is 3. The van der Waals surface area contributed by atoms with Crippen LogP contribution in [0.2, 0.25) is 0 Å². The number of rotatable bonds is 11. The van der Waals surface area contributed by atoms with E-state index in [0.29, 0.717) is 44.5 Å². The smallest absolute Gasteiger partial charge is 0.303 e. The van der Waals surface area contributed by atoms with Gasteiger partial charge in [0, 0.05) is 31.0 Å². The normalized spacial score (nSPS) is 33.6. The van der Waals surface area contributed by atoms with E-state index in [2.05, 4.69) is 42.4 Å². The summed E-state index contributed by atoms with van der Waals surface area (Å²) in [4.78, 5) is 57.8. The molecule has 0 aromatic heterocycles. The van der Waals surface area contributed by atoms with Gasteiger partial charge in [0.1, 0.15) is 17.6 Å². The Morgan fingerprint density at radius 2 is 1.55 bits per heavy atom. The van der Waals surface area contributed by atoms with Crippen LogP contribution < -0.4 is 21.1 Å². The average molecular weight is 701 g/mol. The van der Waals surface area contributed by atoms with Crippen molar-refractivity contribution in [1.29, 1.82) is 0 Å². The van der Waals surface area contributed by atoms with Crippen LogP contribution in [0.3, 0.4) is 0 Å². The first-order valence-corrected chi connectivity index (χ1v) is 19.6. The second-order valence-corrected chi connectivity index (χ2v) is 18.5. The van der Waals surface area contributed by atoms with Crippen molar-refractivity contribution < 1.29 is 27.6 Å². The number of nitrogens with zero attached hydrogens (tertiary/aromatic N) is 2. The third kappa shape index (κ3) is 5.48. The topological polar surface area (TPSA) is 171 Å². The Morgan fingerprint density at radius 1 is 0.918 bits per heavy atom. The maximum absolute atomic E-state index is 14.6. The first-order valence-electron chi connectivity index (χ1n) is 18.2. The molecular formula is C36H56N6O6S. The second-order valence-electron chi connectivity index (χ2n) is 16.9. The lowest BCUT2D eigenvalue weighted by Gasteiger charge is -2.38. The fraction of sp³-hybridized carbons (Fsp3) is 0.778. The molecule has 49 heavy (non-hydrogen) atoms. The van der Waals surface area contributed by atoms with Gasteiger partial charge in [0.15, 0.2) is 0 Å². The number of amides is 4. The number of hydrogen-bond acceptors (Lipinski definition) is 7. The summed E-state index contributed by atoms with van der Waals surface area (Å²) in [5.74, 6) is -2.63. The Balaban J connectivity index is 1.25. The van der Waals surface area contributed by atoms with E-state index in [1.54, 1.807) is 17.9 Å². The van der Waals surface area contributed by atoms with Crippen molar-refractivity contribution in [3.8, 4) is 0 Å². The average Bonchev–Trinajstić information content (AvgIpc) is 3.50. The summed E-state index contributed by atoms with van der Waals surface area (Å²) in [6.45, 7) is 17.0. The number of carbonyl (C=O) groups excluding carboxylic acids is 4. The largest absolute Gasteiger partial charge is 0.339 e. The summed E-state index contributed by atoms with van der Waals surface area (Å²) in [5.41, 5.74) is 4.70. The molecule has 272 valence electrons. The molecule has 12 nitrogen and oxygen atoms in total. The second kappa shape index (κ2) is 12.2. The van der Waals surface area contributed by atoms with Crippen molar-refractivity contribution in [2.24, 2.45) is 33.3 Å². The van der Waals surface area contributed by atoms with Gasteiger partial charge < -0.3 is 21.3 Å². The summed E-state index contributed by atoms with van der Waals surface area (Å²) < 4.78 is 29.5. The summed E-state index contributed by atoms with van der Waals surface area (Å²) in [7, 11) is -4.08.